The number of aromatic nitrogens is 2. The highest BCUT2D eigenvalue weighted by Crippen LogP contribution is 2.14. The molecule has 7 nitrogen and oxygen atoms in total. The maximum atomic E-state index is 12.0. The van der Waals surface area contributed by atoms with Gasteiger partial charge in [0.2, 0.25) is 5.91 Å². The smallest absolute Gasteiger partial charge is 0.278 e. The van der Waals surface area contributed by atoms with E-state index >= 15 is 0 Å². The number of hydrogen-bond acceptors (Lipinski definition) is 4. The largest absolute Gasteiger partial charge is 0.396 e. The zero-order valence-corrected chi connectivity index (χ0v) is 11.0. The summed E-state index contributed by atoms with van der Waals surface area (Å²) in [6.07, 6.45) is 1.60. The summed E-state index contributed by atoms with van der Waals surface area (Å²) in [6.45, 7) is 2.53. The second-order valence-corrected chi connectivity index (χ2v) is 4.18. The molecule has 0 aliphatic heterocycles. The molecule has 104 valence electrons. The molecule has 0 fully saturated rings. The minimum atomic E-state index is -0.520. The monoisotopic (exact) mass is 273 g/mol. The van der Waals surface area contributed by atoms with Crippen molar-refractivity contribution in [2.75, 3.05) is 11.1 Å². The van der Waals surface area contributed by atoms with E-state index in [0.717, 1.165) is 0 Å². The van der Waals surface area contributed by atoms with Gasteiger partial charge >= 0.3 is 0 Å². The maximum Gasteiger partial charge on any atom is 0.278 e. The summed E-state index contributed by atoms with van der Waals surface area (Å²) in [6, 6.07) is 6.24. The third-order valence-electron chi connectivity index (χ3n) is 2.76. The summed E-state index contributed by atoms with van der Waals surface area (Å²) < 4.78 is 1.58. The first-order valence-corrected chi connectivity index (χ1v) is 6.05. The lowest BCUT2D eigenvalue weighted by molar-refractivity contribution is 0.0998. The van der Waals surface area contributed by atoms with Crippen molar-refractivity contribution in [3.05, 3.63) is 41.7 Å². The number of carbonyl (C=O) groups is 2. The molecule has 7 heteroatoms. The molecule has 2 amide bonds. The average Bonchev–Trinajstić information content (AvgIpc) is 2.80. The molecule has 1 aromatic heterocycles. The van der Waals surface area contributed by atoms with Crippen LogP contribution in [0.15, 0.2) is 30.5 Å². The van der Waals surface area contributed by atoms with Gasteiger partial charge in [-0.2, -0.15) is 5.10 Å². The van der Waals surface area contributed by atoms with Crippen molar-refractivity contribution in [3.8, 4) is 0 Å². The highest BCUT2D eigenvalue weighted by molar-refractivity contribution is 6.06. The fourth-order valence-corrected chi connectivity index (χ4v) is 1.68. The number of aryl methyl sites for hydroxylation is 1. The second kappa shape index (κ2) is 5.43. The van der Waals surface area contributed by atoms with E-state index in [4.69, 9.17) is 11.5 Å². The fourth-order valence-electron chi connectivity index (χ4n) is 1.68. The minimum absolute atomic E-state index is 0.172. The van der Waals surface area contributed by atoms with Gasteiger partial charge in [-0.1, -0.05) is 0 Å². The predicted molar refractivity (Wildman–Crippen MR) is 75.2 cm³/mol. The van der Waals surface area contributed by atoms with E-state index < -0.39 is 11.8 Å². The Labute approximate surface area is 115 Å². The summed E-state index contributed by atoms with van der Waals surface area (Å²) >= 11 is 0. The zero-order chi connectivity index (χ0) is 14.7. The van der Waals surface area contributed by atoms with Crippen LogP contribution in [0.2, 0.25) is 0 Å². The number of benzene rings is 1. The Morgan fingerprint density at radius 3 is 2.45 bits per heavy atom. The Bertz CT molecular complexity index is 645. The number of nitrogens with two attached hydrogens (primary N) is 2. The van der Waals surface area contributed by atoms with Gasteiger partial charge in [-0.3, -0.25) is 14.3 Å². The van der Waals surface area contributed by atoms with Gasteiger partial charge < -0.3 is 16.8 Å². The quantitative estimate of drug-likeness (QED) is 0.765. The molecule has 0 unspecified atom stereocenters. The molecule has 0 saturated heterocycles. The highest BCUT2D eigenvalue weighted by atomic mass is 16.2. The average molecular weight is 273 g/mol. The summed E-state index contributed by atoms with van der Waals surface area (Å²) in [5, 5.41) is 6.73. The van der Waals surface area contributed by atoms with E-state index in [9.17, 15) is 9.59 Å². The molecular formula is C13H15N5O2. The van der Waals surface area contributed by atoms with Crippen molar-refractivity contribution in [1.82, 2.24) is 9.78 Å². The third-order valence-corrected chi connectivity index (χ3v) is 2.76. The molecule has 0 aliphatic carbocycles. The highest BCUT2D eigenvalue weighted by Gasteiger charge is 2.14. The SMILES string of the molecule is CCn1cc(N)c(C(=O)Nc2ccc(C(N)=O)cc2)n1. The number of carbonyl (C=O) groups excluding carboxylic acids is 2. The summed E-state index contributed by atoms with van der Waals surface area (Å²) in [7, 11) is 0. The Hall–Kier alpha value is -2.83. The molecule has 0 atom stereocenters. The lowest BCUT2D eigenvalue weighted by Gasteiger charge is -2.04. The van der Waals surface area contributed by atoms with Crippen molar-refractivity contribution in [2.24, 2.45) is 5.73 Å². The van der Waals surface area contributed by atoms with Crippen LogP contribution in [0.4, 0.5) is 11.4 Å². The molecule has 2 aromatic rings. The Balaban J connectivity index is 2.14. The van der Waals surface area contributed by atoms with Crippen LogP contribution in [0.5, 0.6) is 0 Å². The number of nitrogens with zero attached hydrogens (tertiary/aromatic N) is 2. The Morgan fingerprint density at radius 2 is 1.95 bits per heavy atom. The molecule has 0 aliphatic rings. The van der Waals surface area contributed by atoms with E-state index in [1.165, 1.54) is 12.1 Å². The first-order chi connectivity index (χ1) is 9.51. The van der Waals surface area contributed by atoms with E-state index in [2.05, 4.69) is 10.4 Å². The Morgan fingerprint density at radius 1 is 1.30 bits per heavy atom. The van der Waals surface area contributed by atoms with Gasteiger partial charge in [0.05, 0.1) is 5.69 Å². The van der Waals surface area contributed by atoms with Crippen molar-refractivity contribution in [2.45, 2.75) is 13.5 Å². The van der Waals surface area contributed by atoms with Crippen LogP contribution < -0.4 is 16.8 Å². The topological polar surface area (TPSA) is 116 Å². The number of hydrogen-bond donors (Lipinski definition) is 3. The second-order valence-electron chi connectivity index (χ2n) is 4.18. The van der Waals surface area contributed by atoms with Gasteiger partial charge in [0, 0.05) is 24.0 Å². The van der Waals surface area contributed by atoms with E-state index in [0.29, 0.717) is 23.5 Å². The normalized spacial score (nSPS) is 10.2. The first-order valence-electron chi connectivity index (χ1n) is 6.05. The number of amides is 2. The van der Waals surface area contributed by atoms with Crippen LogP contribution in [0.3, 0.4) is 0 Å². The van der Waals surface area contributed by atoms with Crippen LogP contribution in [-0.2, 0) is 6.54 Å². The van der Waals surface area contributed by atoms with Crippen molar-refractivity contribution in [3.63, 3.8) is 0 Å². The molecule has 0 spiro atoms. The molecule has 2 rings (SSSR count). The minimum Gasteiger partial charge on any atom is -0.396 e. The van der Waals surface area contributed by atoms with Crippen molar-refractivity contribution >= 4 is 23.2 Å². The Kier molecular flexibility index (Phi) is 3.69. The van der Waals surface area contributed by atoms with Crippen LogP contribution in [-0.4, -0.2) is 21.6 Å². The summed E-state index contributed by atoms with van der Waals surface area (Å²) in [5.74, 6) is -0.921. The van der Waals surface area contributed by atoms with Gasteiger partial charge in [-0.05, 0) is 31.2 Å². The molecule has 0 bridgehead atoms. The molecule has 1 aromatic carbocycles. The fraction of sp³-hybridized carbons (Fsp3) is 0.154. The molecule has 0 radical (unpaired) electrons. The van der Waals surface area contributed by atoms with E-state index in [1.54, 1.807) is 23.0 Å². The number of primary amides is 1. The van der Waals surface area contributed by atoms with Gasteiger partial charge in [0.1, 0.15) is 0 Å². The number of rotatable bonds is 4. The first kappa shape index (κ1) is 13.6. The summed E-state index contributed by atoms with van der Waals surface area (Å²) in [4.78, 5) is 23.0. The van der Waals surface area contributed by atoms with Gasteiger partial charge in [-0.25, -0.2) is 0 Å². The molecule has 1 heterocycles. The lowest BCUT2D eigenvalue weighted by Crippen LogP contribution is -2.15. The maximum absolute atomic E-state index is 12.0. The number of nitrogens with one attached hydrogen (secondary N) is 1. The van der Waals surface area contributed by atoms with E-state index in [-0.39, 0.29) is 5.69 Å². The van der Waals surface area contributed by atoms with Crippen molar-refractivity contribution in [1.29, 1.82) is 0 Å². The van der Waals surface area contributed by atoms with Crippen molar-refractivity contribution < 1.29 is 9.59 Å². The standard InChI is InChI=1S/C13H15N5O2/c1-2-18-7-10(14)11(17-18)13(20)16-9-5-3-8(4-6-9)12(15)19/h3-7H,2,14H2,1H3,(H2,15,19)(H,16,20). The van der Waals surface area contributed by atoms with Crippen LogP contribution in [0, 0.1) is 0 Å². The van der Waals surface area contributed by atoms with Crippen LogP contribution >= 0.6 is 0 Å². The molecular weight excluding hydrogens is 258 g/mol. The molecule has 20 heavy (non-hydrogen) atoms. The lowest BCUT2D eigenvalue weighted by atomic mass is 10.2. The molecule has 5 N–H and O–H groups in total. The molecule has 0 saturated carbocycles. The third kappa shape index (κ3) is 2.77. The van der Waals surface area contributed by atoms with Gasteiger partial charge in [-0.15, -0.1) is 0 Å². The number of nitrogen functional groups attached to an aromatic ring is 1. The predicted octanol–water partition coefficient (Wildman–Crippen LogP) is 0.836. The van der Waals surface area contributed by atoms with Gasteiger partial charge in [0.15, 0.2) is 5.69 Å². The summed E-state index contributed by atoms with van der Waals surface area (Å²) in [5.41, 5.74) is 12.3. The van der Waals surface area contributed by atoms with E-state index in [1.807, 2.05) is 6.92 Å². The van der Waals surface area contributed by atoms with Gasteiger partial charge in [0.25, 0.3) is 5.91 Å². The van der Waals surface area contributed by atoms with Crippen LogP contribution in [0.1, 0.15) is 27.8 Å². The van der Waals surface area contributed by atoms with Crippen LogP contribution in [0.25, 0.3) is 0 Å². The number of anilines is 2. The zero-order valence-electron chi connectivity index (χ0n) is 11.0.